The third-order valence-corrected chi connectivity index (χ3v) is 4.51. The summed E-state index contributed by atoms with van der Waals surface area (Å²) in [7, 11) is 0. The number of rotatable bonds is 2. The monoisotopic (exact) mass is 374 g/mol. The van der Waals surface area contributed by atoms with Crippen LogP contribution in [0.25, 0.3) is 22.0 Å². The first-order valence-corrected chi connectivity index (χ1v) is 7.93. The molecule has 0 aliphatic carbocycles. The Bertz CT molecular complexity index is 862. The average molecular weight is 375 g/mol. The molecule has 2 aromatic heterocycles. The summed E-state index contributed by atoms with van der Waals surface area (Å²) in [5.74, 6) is 0. The topological polar surface area (TPSA) is 25.8 Å². The zero-order chi connectivity index (χ0) is 16.6. The third kappa shape index (κ3) is 3.34. The Hall–Kier alpha value is -1.63. The van der Waals surface area contributed by atoms with Crippen LogP contribution in [0, 0.1) is 0 Å². The van der Waals surface area contributed by atoms with Crippen molar-refractivity contribution in [3.8, 4) is 22.0 Å². The van der Waals surface area contributed by atoms with E-state index in [1.807, 2.05) is 12.1 Å². The van der Waals surface area contributed by atoms with Crippen molar-refractivity contribution < 1.29 is 13.2 Å². The molecule has 8 heteroatoms. The van der Waals surface area contributed by atoms with E-state index in [-0.39, 0.29) is 10.7 Å². The van der Waals surface area contributed by atoms with E-state index in [0.717, 1.165) is 17.8 Å². The van der Waals surface area contributed by atoms with E-state index in [4.69, 9.17) is 23.2 Å². The SMILES string of the molecule is FC(F)(F)c1cnc(-c2csc(-c3ccccc3Cl)n2)c(Cl)c1. The van der Waals surface area contributed by atoms with Crippen LogP contribution in [0.1, 0.15) is 5.56 Å². The van der Waals surface area contributed by atoms with E-state index in [0.29, 0.717) is 15.7 Å². The van der Waals surface area contributed by atoms with Gasteiger partial charge in [0.15, 0.2) is 0 Å². The highest BCUT2D eigenvalue weighted by Crippen LogP contribution is 2.36. The lowest BCUT2D eigenvalue weighted by Gasteiger charge is -2.07. The highest BCUT2D eigenvalue weighted by molar-refractivity contribution is 7.13. The molecule has 0 aliphatic heterocycles. The normalized spacial score (nSPS) is 11.7. The van der Waals surface area contributed by atoms with E-state index >= 15 is 0 Å². The van der Waals surface area contributed by atoms with Gasteiger partial charge in [-0.3, -0.25) is 4.98 Å². The minimum atomic E-state index is -4.49. The van der Waals surface area contributed by atoms with Gasteiger partial charge in [0.1, 0.15) is 16.4 Å². The molecule has 118 valence electrons. The van der Waals surface area contributed by atoms with Crippen LogP contribution in [0.5, 0.6) is 0 Å². The van der Waals surface area contributed by atoms with Gasteiger partial charge in [0.2, 0.25) is 0 Å². The number of hydrogen-bond acceptors (Lipinski definition) is 3. The Kier molecular flexibility index (Phi) is 4.31. The molecule has 0 N–H and O–H groups in total. The predicted octanol–water partition coefficient (Wildman–Crippen LogP) is 6.20. The van der Waals surface area contributed by atoms with E-state index in [1.165, 1.54) is 11.3 Å². The van der Waals surface area contributed by atoms with Crippen molar-refractivity contribution in [2.45, 2.75) is 6.18 Å². The molecular formula is C15H7Cl2F3N2S. The smallest absolute Gasteiger partial charge is 0.252 e. The number of hydrogen-bond donors (Lipinski definition) is 0. The molecule has 0 spiro atoms. The first-order valence-electron chi connectivity index (χ1n) is 6.30. The molecule has 0 unspecified atom stereocenters. The molecule has 0 saturated carbocycles. The third-order valence-electron chi connectivity index (χ3n) is 3.02. The molecular weight excluding hydrogens is 368 g/mol. The second-order valence-electron chi connectivity index (χ2n) is 4.57. The summed E-state index contributed by atoms with van der Waals surface area (Å²) in [4.78, 5) is 8.17. The fourth-order valence-corrected chi connectivity index (χ4v) is 3.31. The Morgan fingerprint density at radius 1 is 1.04 bits per heavy atom. The lowest BCUT2D eigenvalue weighted by atomic mass is 10.2. The summed E-state index contributed by atoms with van der Waals surface area (Å²) in [6, 6.07) is 8.02. The molecule has 1 aromatic carbocycles. The van der Waals surface area contributed by atoms with Crippen LogP contribution in [0.2, 0.25) is 10.0 Å². The second kappa shape index (κ2) is 6.11. The molecule has 0 bridgehead atoms. The van der Waals surface area contributed by atoms with Crippen molar-refractivity contribution in [3.63, 3.8) is 0 Å². The number of benzene rings is 1. The van der Waals surface area contributed by atoms with E-state index in [9.17, 15) is 13.2 Å². The van der Waals surface area contributed by atoms with Crippen LogP contribution in [-0.2, 0) is 6.18 Å². The number of aromatic nitrogens is 2. The van der Waals surface area contributed by atoms with Gasteiger partial charge in [-0.25, -0.2) is 4.98 Å². The van der Waals surface area contributed by atoms with Gasteiger partial charge < -0.3 is 0 Å². The maximum atomic E-state index is 12.6. The number of thiazole rings is 1. The Morgan fingerprint density at radius 3 is 2.43 bits per heavy atom. The lowest BCUT2D eigenvalue weighted by Crippen LogP contribution is -2.05. The zero-order valence-electron chi connectivity index (χ0n) is 11.2. The van der Waals surface area contributed by atoms with Crippen LogP contribution in [0.15, 0.2) is 41.9 Å². The van der Waals surface area contributed by atoms with Crippen molar-refractivity contribution in [2.24, 2.45) is 0 Å². The molecule has 0 fully saturated rings. The van der Waals surface area contributed by atoms with E-state index in [1.54, 1.807) is 17.5 Å². The Balaban J connectivity index is 2.00. The van der Waals surface area contributed by atoms with Crippen LogP contribution in [0.4, 0.5) is 13.2 Å². The van der Waals surface area contributed by atoms with Gasteiger partial charge in [-0.1, -0.05) is 41.4 Å². The molecule has 2 heterocycles. The van der Waals surface area contributed by atoms with Crippen molar-refractivity contribution in [2.75, 3.05) is 0 Å². The van der Waals surface area contributed by atoms with Gasteiger partial charge >= 0.3 is 6.18 Å². The molecule has 2 nitrogen and oxygen atoms in total. The minimum absolute atomic E-state index is 0.101. The molecule has 3 aromatic rings. The summed E-state index contributed by atoms with van der Waals surface area (Å²) in [5, 5.41) is 2.76. The van der Waals surface area contributed by atoms with Gasteiger partial charge in [-0.2, -0.15) is 13.2 Å². The van der Waals surface area contributed by atoms with Crippen molar-refractivity contribution in [1.29, 1.82) is 0 Å². The minimum Gasteiger partial charge on any atom is -0.252 e. The van der Waals surface area contributed by atoms with Crippen molar-refractivity contribution in [1.82, 2.24) is 9.97 Å². The summed E-state index contributed by atoms with van der Waals surface area (Å²) in [6.07, 6.45) is -3.74. The van der Waals surface area contributed by atoms with Gasteiger partial charge in [-0.05, 0) is 12.1 Å². The second-order valence-corrected chi connectivity index (χ2v) is 6.24. The summed E-state index contributed by atoms with van der Waals surface area (Å²) >= 11 is 13.4. The van der Waals surface area contributed by atoms with Crippen LogP contribution < -0.4 is 0 Å². The van der Waals surface area contributed by atoms with Crippen molar-refractivity contribution in [3.05, 3.63) is 57.5 Å². The predicted molar refractivity (Wildman–Crippen MR) is 85.8 cm³/mol. The fraction of sp³-hybridized carbons (Fsp3) is 0.0667. The van der Waals surface area contributed by atoms with Crippen LogP contribution in [0.3, 0.4) is 0 Å². The fourth-order valence-electron chi connectivity index (χ4n) is 1.92. The van der Waals surface area contributed by atoms with Gasteiger partial charge in [0.05, 0.1) is 15.6 Å². The summed E-state index contributed by atoms with van der Waals surface area (Å²) in [5.41, 5.74) is 0.458. The molecule has 0 radical (unpaired) electrons. The summed E-state index contributed by atoms with van der Waals surface area (Å²) < 4.78 is 37.9. The maximum Gasteiger partial charge on any atom is 0.417 e. The molecule has 0 aliphatic rings. The quantitative estimate of drug-likeness (QED) is 0.533. The highest BCUT2D eigenvalue weighted by atomic mass is 35.5. The summed E-state index contributed by atoms with van der Waals surface area (Å²) in [6.45, 7) is 0. The highest BCUT2D eigenvalue weighted by Gasteiger charge is 2.31. The first-order chi connectivity index (χ1) is 10.9. The van der Waals surface area contributed by atoms with Crippen molar-refractivity contribution >= 4 is 34.5 Å². The Morgan fingerprint density at radius 2 is 1.78 bits per heavy atom. The largest absolute Gasteiger partial charge is 0.417 e. The maximum absolute atomic E-state index is 12.6. The number of pyridine rings is 1. The first kappa shape index (κ1) is 16.2. The lowest BCUT2D eigenvalue weighted by molar-refractivity contribution is -0.137. The molecule has 0 atom stereocenters. The van der Waals surface area contributed by atoms with E-state index in [2.05, 4.69) is 9.97 Å². The van der Waals surface area contributed by atoms with Gasteiger partial charge in [0, 0.05) is 17.1 Å². The van der Waals surface area contributed by atoms with E-state index < -0.39 is 11.7 Å². The number of alkyl halides is 3. The molecule has 0 amide bonds. The number of halogens is 5. The molecule has 3 rings (SSSR count). The van der Waals surface area contributed by atoms with Crippen LogP contribution in [-0.4, -0.2) is 9.97 Å². The van der Waals surface area contributed by atoms with Crippen LogP contribution >= 0.6 is 34.5 Å². The zero-order valence-corrected chi connectivity index (χ0v) is 13.6. The standard InChI is InChI=1S/C15H7Cl2F3N2S/c16-10-4-2-1-3-9(10)14-22-12(7-23-14)13-11(17)5-8(6-21-13)15(18,19)20/h1-7H. The number of nitrogens with zero attached hydrogens (tertiary/aromatic N) is 2. The van der Waals surface area contributed by atoms with Gasteiger partial charge in [-0.15, -0.1) is 11.3 Å². The Labute approximate surface area is 143 Å². The average Bonchev–Trinajstić information content (AvgIpc) is 2.96. The van der Waals surface area contributed by atoms with Gasteiger partial charge in [0.25, 0.3) is 0 Å². The molecule has 23 heavy (non-hydrogen) atoms. The molecule has 0 saturated heterocycles.